The van der Waals surface area contributed by atoms with Gasteiger partial charge in [0.15, 0.2) is 0 Å². The van der Waals surface area contributed by atoms with Gasteiger partial charge in [-0.25, -0.2) is 0 Å². The number of carbonyl (C=O) groups is 2. The quantitative estimate of drug-likeness (QED) is 0.921. The highest BCUT2D eigenvalue weighted by molar-refractivity contribution is 5.97. The minimum Gasteiger partial charge on any atom is -0.326 e. The summed E-state index contributed by atoms with van der Waals surface area (Å²) in [5, 5.41) is 2.96. The van der Waals surface area contributed by atoms with Gasteiger partial charge in [0.05, 0.1) is 0 Å². The first-order chi connectivity index (χ1) is 10.3. The highest BCUT2D eigenvalue weighted by Crippen LogP contribution is 2.30. The van der Waals surface area contributed by atoms with Gasteiger partial charge >= 0.3 is 0 Å². The second kappa shape index (κ2) is 6.51. The Labute approximate surface area is 132 Å². The maximum Gasteiger partial charge on any atom is 0.227 e. The molecule has 0 unspecified atom stereocenters. The van der Waals surface area contributed by atoms with Crippen molar-refractivity contribution in [3.8, 4) is 0 Å². The Kier molecular flexibility index (Phi) is 4.89. The monoisotopic (exact) mass is 302 g/mol. The Balaban J connectivity index is 2.15. The molecule has 1 aliphatic rings. The Morgan fingerprint density at radius 1 is 1.27 bits per heavy atom. The number of nitrogens with zero attached hydrogens (tertiary/aromatic N) is 1. The highest BCUT2D eigenvalue weighted by atomic mass is 16.2. The van der Waals surface area contributed by atoms with Crippen molar-refractivity contribution in [3.63, 3.8) is 0 Å². The van der Waals surface area contributed by atoms with Crippen LogP contribution in [0.15, 0.2) is 18.2 Å². The number of rotatable bonds is 4. The Morgan fingerprint density at radius 3 is 2.64 bits per heavy atom. The van der Waals surface area contributed by atoms with E-state index in [9.17, 15) is 9.59 Å². The van der Waals surface area contributed by atoms with E-state index in [1.54, 1.807) is 0 Å². The van der Waals surface area contributed by atoms with E-state index >= 15 is 0 Å². The lowest BCUT2D eigenvalue weighted by atomic mass is 9.92. The maximum absolute atomic E-state index is 12.0. The number of hydrogen-bond donors (Lipinski definition) is 1. The molecule has 0 bridgehead atoms. The van der Waals surface area contributed by atoms with Crippen LogP contribution in [0.1, 0.15) is 52.5 Å². The summed E-state index contributed by atoms with van der Waals surface area (Å²) in [6.45, 7) is 8.97. The summed E-state index contributed by atoms with van der Waals surface area (Å²) in [7, 11) is 0. The van der Waals surface area contributed by atoms with Gasteiger partial charge < -0.3 is 10.2 Å². The molecule has 1 heterocycles. The summed E-state index contributed by atoms with van der Waals surface area (Å²) in [6.07, 6.45) is 2.73. The molecular weight excluding hydrogens is 276 g/mol. The van der Waals surface area contributed by atoms with Crippen molar-refractivity contribution in [2.24, 2.45) is 5.41 Å². The molecule has 2 rings (SSSR count). The van der Waals surface area contributed by atoms with Gasteiger partial charge in [0.1, 0.15) is 0 Å². The fourth-order valence-corrected chi connectivity index (χ4v) is 2.79. The summed E-state index contributed by atoms with van der Waals surface area (Å²) in [5.41, 5.74) is 2.93. The van der Waals surface area contributed by atoms with E-state index in [1.807, 2.05) is 43.9 Å². The predicted octanol–water partition coefficient (Wildman–Crippen LogP) is 3.75. The molecule has 0 saturated carbocycles. The molecule has 22 heavy (non-hydrogen) atoms. The molecule has 120 valence electrons. The van der Waals surface area contributed by atoms with E-state index in [2.05, 4.69) is 12.2 Å². The fraction of sp³-hybridized carbons (Fsp3) is 0.556. The summed E-state index contributed by atoms with van der Waals surface area (Å²) < 4.78 is 0. The molecule has 0 aromatic heterocycles. The fourth-order valence-electron chi connectivity index (χ4n) is 2.79. The average Bonchev–Trinajstić information content (AvgIpc) is 2.40. The second-order valence-electron chi connectivity index (χ2n) is 7.17. The summed E-state index contributed by atoms with van der Waals surface area (Å²) in [5.74, 6) is 0.226. The molecule has 0 radical (unpaired) electrons. The second-order valence-corrected chi connectivity index (χ2v) is 7.17. The Bertz CT molecular complexity index is 573. The van der Waals surface area contributed by atoms with Crippen LogP contribution < -0.4 is 10.2 Å². The van der Waals surface area contributed by atoms with E-state index in [-0.39, 0.29) is 17.2 Å². The van der Waals surface area contributed by atoms with Gasteiger partial charge in [0.25, 0.3) is 0 Å². The smallest absolute Gasteiger partial charge is 0.227 e. The Morgan fingerprint density at radius 2 is 2.00 bits per heavy atom. The normalized spacial score (nSPS) is 14.7. The first kappa shape index (κ1) is 16.5. The third-order valence-electron chi connectivity index (χ3n) is 3.70. The Hall–Kier alpha value is -1.84. The zero-order valence-electron chi connectivity index (χ0n) is 14.0. The number of fused-ring (bicyclic) bond motifs is 1. The molecule has 0 saturated heterocycles. The van der Waals surface area contributed by atoms with Crippen molar-refractivity contribution >= 4 is 23.2 Å². The molecule has 1 aromatic carbocycles. The average molecular weight is 302 g/mol. The summed E-state index contributed by atoms with van der Waals surface area (Å²) in [6, 6.07) is 5.85. The van der Waals surface area contributed by atoms with E-state index in [0.717, 1.165) is 36.3 Å². The third-order valence-corrected chi connectivity index (χ3v) is 3.70. The van der Waals surface area contributed by atoms with Gasteiger partial charge in [-0.05, 0) is 42.0 Å². The number of nitrogens with one attached hydrogen (secondary N) is 1. The van der Waals surface area contributed by atoms with Gasteiger partial charge in [-0.1, -0.05) is 27.7 Å². The molecule has 0 fully saturated rings. The molecule has 4 heteroatoms. The van der Waals surface area contributed by atoms with Crippen molar-refractivity contribution in [2.75, 3.05) is 16.8 Å². The highest BCUT2D eigenvalue weighted by Gasteiger charge is 2.24. The van der Waals surface area contributed by atoms with Crippen LogP contribution in [0.5, 0.6) is 0 Å². The van der Waals surface area contributed by atoms with Gasteiger partial charge in [0.2, 0.25) is 11.8 Å². The van der Waals surface area contributed by atoms with E-state index in [4.69, 9.17) is 0 Å². The van der Waals surface area contributed by atoms with Crippen LogP contribution >= 0.6 is 0 Å². The number of aryl methyl sites for hydroxylation is 1. The standard InChI is InChI=1S/C18H26N2O2/c1-5-10-20-15-8-7-14(11-13(15)6-9-17(20)22)19-16(21)12-18(2,3)4/h7-8,11H,5-6,9-10,12H2,1-4H3,(H,19,21). The van der Waals surface area contributed by atoms with Crippen molar-refractivity contribution < 1.29 is 9.59 Å². The van der Waals surface area contributed by atoms with Crippen molar-refractivity contribution in [2.45, 2.75) is 53.4 Å². The summed E-state index contributed by atoms with van der Waals surface area (Å²) in [4.78, 5) is 25.9. The molecule has 0 aliphatic carbocycles. The number of carbonyl (C=O) groups excluding carboxylic acids is 2. The maximum atomic E-state index is 12.0. The first-order valence-corrected chi connectivity index (χ1v) is 8.03. The minimum atomic E-state index is -0.0252. The van der Waals surface area contributed by atoms with Gasteiger partial charge in [-0.3, -0.25) is 9.59 Å². The van der Waals surface area contributed by atoms with Crippen LogP contribution in [0.3, 0.4) is 0 Å². The van der Waals surface area contributed by atoms with Crippen LogP contribution in [0.2, 0.25) is 0 Å². The topological polar surface area (TPSA) is 49.4 Å². The van der Waals surface area contributed by atoms with Crippen LogP contribution in [0.25, 0.3) is 0 Å². The molecule has 4 nitrogen and oxygen atoms in total. The number of hydrogen-bond acceptors (Lipinski definition) is 2. The zero-order valence-corrected chi connectivity index (χ0v) is 14.0. The molecule has 0 spiro atoms. The van der Waals surface area contributed by atoms with Gasteiger partial charge in [-0.15, -0.1) is 0 Å². The lowest BCUT2D eigenvalue weighted by Gasteiger charge is -2.29. The summed E-state index contributed by atoms with van der Waals surface area (Å²) >= 11 is 0. The van der Waals surface area contributed by atoms with E-state index in [0.29, 0.717) is 12.8 Å². The SMILES string of the molecule is CCCN1C(=O)CCc2cc(NC(=O)CC(C)(C)C)ccc21. The van der Waals surface area contributed by atoms with Crippen molar-refractivity contribution in [1.29, 1.82) is 0 Å². The van der Waals surface area contributed by atoms with Crippen molar-refractivity contribution in [3.05, 3.63) is 23.8 Å². The van der Waals surface area contributed by atoms with Gasteiger partial charge in [0, 0.05) is 30.8 Å². The van der Waals surface area contributed by atoms with Crippen molar-refractivity contribution in [1.82, 2.24) is 0 Å². The molecule has 0 atom stereocenters. The van der Waals surface area contributed by atoms with Crippen LogP contribution in [-0.4, -0.2) is 18.4 Å². The predicted molar refractivity (Wildman–Crippen MR) is 90.1 cm³/mol. The largest absolute Gasteiger partial charge is 0.326 e. The molecule has 1 aliphatic heterocycles. The molecule has 1 aromatic rings. The molecular formula is C18H26N2O2. The van der Waals surface area contributed by atoms with Crippen LogP contribution in [0.4, 0.5) is 11.4 Å². The van der Waals surface area contributed by atoms with E-state index < -0.39 is 0 Å². The third kappa shape index (κ3) is 4.09. The minimum absolute atomic E-state index is 0.0252. The lowest BCUT2D eigenvalue weighted by Crippen LogP contribution is -2.35. The van der Waals surface area contributed by atoms with Crippen LogP contribution in [-0.2, 0) is 16.0 Å². The molecule has 2 amide bonds. The lowest BCUT2D eigenvalue weighted by molar-refractivity contribution is -0.119. The molecule has 1 N–H and O–H groups in total. The first-order valence-electron chi connectivity index (χ1n) is 8.03. The van der Waals surface area contributed by atoms with Gasteiger partial charge in [-0.2, -0.15) is 0 Å². The van der Waals surface area contributed by atoms with E-state index in [1.165, 1.54) is 0 Å². The zero-order chi connectivity index (χ0) is 16.3. The van der Waals surface area contributed by atoms with Crippen LogP contribution in [0, 0.1) is 5.41 Å². The number of amides is 2. The number of anilines is 2. The number of benzene rings is 1.